The van der Waals surface area contributed by atoms with Gasteiger partial charge in [-0.2, -0.15) is 0 Å². The van der Waals surface area contributed by atoms with E-state index in [-0.39, 0.29) is 12.0 Å². The molecule has 0 unspecified atom stereocenters. The highest BCUT2D eigenvalue weighted by Gasteiger charge is 2.39. The molecule has 4 rings (SSSR count). The highest BCUT2D eigenvalue weighted by atomic mass is 16.3. The largest absolute Gasteiger partial charge is 0.393 e. The van der Waals surface area contributed by atoms with E-state index in [0.717, 1.165) is 57.2 Å². The number of likely N-dealkylation sites (tertiary alicyclic amines) is 1. The van der Waals surface area contributed by atoms with Crippen molar-refractivity contribution in [2.24, 2.45) is 12.5 Å². The molecule has 2 saturated carbocycles. The summed E-state index contributed by atoms with van der Waals surface area (Å²) in [6, 6.07) is 2.03. The number of hydrogen-bond acceptors (Lipinski definition) is 2. The fourth-order valence-electron chi connectivity index (χ4n) is 4.98. The Bertz CT molecular complexity index is 599. The van der Waals surface area contributed by atoms with Crippen LogP contribution in [0.2, 0.25) is 0 Å². The van der Waals surface area contributed by atoms with Gasteiger partial charge in [-0.25, -0.2) is 0 Å². The number of carbonyl (C=O) groups is 1. The van der Waals surface area contributed by atoms with Gasteiger partial charge in [0, 0.05) is 32.0 Å². The molecular formula is C20H30N2O2. The van der Waals surface area contributed by atoms with Crippen LogP contribution in [0.4, 0.5) is 0 Å². The van der Waals surface area contributed by atoms with E-state index in [1.807, 2.05) is 6.07 Å². The third-order valence-corrected chi connectivity index (χ3v) is 6.97. The molecule has 132 valence electrons. The van der Waals surface area contributed by atoms with Crippen molar-refractivity contribution in [3.63, 3.8) is 0 Å². The number of aliphatic hydroxyl groups is 1. The quantitative estimate of drug-likeness (QED) is 0.903. The Labute approximate surface area is 144 Å². The molecule has 0 radical (unpaired) electrons. The first kappa shape index (κ1) is 16.2. The standard InChI is InChI=1S/C20H30N2O2/c1-21-12-7-17(18(21)15-3-2-4-15)19(24)22-13-10-20(11-14-22)8-5-16(23)6-9-20/h7,12,15-16,23H,2-6,8-11,13-14H2,1H3. The molecule has 24 heavy (non-hydrogen) atoms. The van der Waals surface area contributed by atoms with Crippen molar-refractivity contribution in [3.05, 3.63) is 23.5 Å². The molecule has 1 aromatic heterocycles. The number of amides is 1. The molecule has 4 heteroatoms. The highest BCUT2D eigenvalue weighted by Crippen LogP contribution is 2.45. The third kappa shape index (κ3) is 2.79. The maximum absolute atomic E-state index is 13.1. The van der Waals surface area contributed by atoms with Crippen LogP contribution in [-0.4, -0.2) is 39.7 Å². The van der Waals surface area contributed by atoms with Crippen LogP contribution in [0.5, 0.6) is 0 Å². The molecule has 1 aromatic rings. The first-order valence-electron chi connectivity index (χ1n) is 9.71. The molecule has 0 aromatic carbocycles. The Kier molecular flexibility index (Phi) is 4.19. The summed E-state index contributed by atoms with van der Waals surface area (Å²) in [6.45, 7) is 1.77. The Morgan fingerprint density at radius 3 is 2.38 bits per heavy atom. The van der Waals surface area contributed by atoms with Crippen LogP contribution >= 0.6 is 0 Å². The van der Waals surface area contributed by atoms with E-state index in [1.54, 1.807) is 0 Å². The lowest BCUT2D eigenvalue weighted by molar-refractivity contribution is 0.0168. The second-order valence-corrected chi connectivity index (χ2v) is 8.38. The number of aromatic nitrogens is 1. The zero-order valence-electron chi connectivity index (χ0n) is 14.8. The van der Waals surface area contributed by atoms with Gasteiger partial charge in [0.25, 0.3) is 5.91 Å². The highest BCUT2D eigenvalue weighted by molar-refractivity contribution is 5.95. The summed E-state index contributed by atoms with van der Waals surface area (Å²) < 4.78 is 2.16. The average molecular weight is 330 g/mol. The van der Waals surface area contributed by atoms with Crippen molar-refractivity contribution < 1.29 is 9.90 Å². The minimum absolute atomic E-state index is 0.0929. The zero-order chi connectivity index (χ0) is 16.7. The number of aliphatic hydroxyl groups excluding tert-OH is 1. The van der Waals surface area contributed by atoms with Gasteiger partial charge in [0.1, 0.15) is 0 Å². The lowest BCUT2D eigenvalue weighted by Gasteiger charge is -2.45. The number of piperidine rings is 1. The van der Waals surface area contributed by atoms with Gasteiger partial charge in [0.05, 0.1) is 11.7 Å². The van der Waals surface area contributed by atoms with E-state index in [0.29, 0.717) is 11.3 Å². The minimum atomic E-state index is -0.0929. The molecule has 4 nitrogen and oxygen atoms in total. The summed E-state index contributed by atoms with van der Waals surface area (Å²) in [5, 5.41) is 9.76. The molecule has 2 heterocycles. The van der Waals surface area contributed by atoms with Gasteiger partial charge in [-0.3, -0.25) is 4.79 Å². The van der Waals surface area contributed by atoms with E-state index >= 15 is 0 Å². The second kappa shape index (κ2) is 6.21. The van der Waals surface area contributed by atoms with Crippen LogP contribution in [0.15, 0.2) is 12.3 Å². The molecule has 0 atom stereocenters. The fourth-order valence-corrected chi connectivity index (χ4v) is 4.98. The summed E-state index contributed by atoms with van der Waals surface area (Å²) in [7, 11) is 2.07. The molecule has 1 spiro atoms. The summed E-state index contributed by atoms with van der Waals surface area (Å²) in [6.07, 6.45) is 12.1. The van der Waals surface area contributed by atoms with E-state index in [9.17, 15) is 9.90 Å². The lowest BCUT2D eigenvalue weighted by atomic mass is 9.67. The van der Waals surface area contributed by atoms with Crippen LogP contribution in [0.3, 0.4) is 0 Å². The Hall–Kier alpha value is -1.29. The van der Waals surface area contributed by atoms with E-state index in [1.165, 1.54) is 25.0 Å². The van der Waals surface area contributed by atoms with Crippen LogP contribution in [-0.2, 0) is 7.05 Å². The first-order chi connectivity index (χ1) is 11.6. The Balaban J connectivity index is 1.43. The van der Waals surface area contributed by atoms with Crippen LogP contribution in [0.1, 0.15) is 79.8 Å². The number of hydrogen-bond donors (Lipinski definition) is 1. The molecule has 1 saturated heterocycles. The van der Waals surface area contributed by atoms with Crippen LogP contribution < -0.4 is 0 Å². The number of rotatable bonds is 2. The topological polar surface area (TPSA) is 45.5 Å². The predicted molar refractivity (Wildman–Crippen MR) is 94.1 cm³/mol. The third-order valence-electron chi connectivity index (χ3n) is 6.97. The molecular weight excluding hydrogens is 300 g/mol. The van der Waals surface area contributed by atoms with E-state index in [2.05, 4.69) is 22.7 Å². The summed E-state index contributed by atoms with van der Waals surface area (Å²) in [4.78, 5) is 15.2. The average Bonchev–Trinajstić information content (AvgIpc) is 2.91. The van der Waals surface area contributed by atoms with Gasteiger partial charge < -0.3 is 14.6 Å². The Morgan fingerprint density at radius 2 is 1.79 bits per heavy atom. The van der Waals surface area contributed by atoms with E-state index < -0.39 is 0 Å². The van der Waals surface area contributed by atoms with Gasteiger partial charge in [-0.1, -0.05) is 6.42 Å². The summed E-state index contributed by atoms with van der Waals surface area (Å²) >= 11 is 0. The second-order valence-electron chi connectivity index (χ2n) is 8.38. The number of carbonyl (C=O) groups excluding carboxylic acids is 1. The molecule has 1 N–H and O–H groups in total. The number of aryl methyl sites for hydroxylation is 1. The van der Waals surface area contributed by atoms with Crippen molar-refractivity contribution in [1.29, 1.82) is 0 Å². The van der Waals surface area contributed by atoms with Crippen molar-refractivity contribution in [1.82, 2.24) is 9.47 Å². The first-order valence-corrected chi connectivity index (χ1v) is 9.71. The normalized spacial score (nSPS) is 25.0. The SMILES string of the molecule is Cn1ccc(C(=O)N2CCC3(CCC(O)CC3)CC2)c1C1CCC1. The van der Waals surface area contributed by atoms with Crippen molar-refractivity contribution in [2.75, 3.05) is 13.1 Å². The number of nitrogens with zero attached hydrogens (tertiary/aromatic N) is 2. The molecule has 2 aliphatic carbocycles. The molecule has 0 bridgehead atoms. The molecule has 1 amide bonds. The summed E-state index contributed by atoms with van der Waals surface area (Å²) in [5.74, 6) is 0.822. The van der Waals surface area contributed by atoms with Gasteiger partial charge in [-0.05, 0) is 68.8 Å². The monoisotopic (exact) mass is 330 g/mol. The zero-order valence-corrected chi connectivity index (χ0v) is 14.8. The molecule has 3 aliphatic rings. The van der Waals surface area contributed by atoms with Gasteiger partial charge in [-0.15, -0.1) is 0 Å². The van der Waals surface area contributed by atoms with Crippen molar-refractivity contribution >= 4 is 5.91 Å². The lowest BCUT2D eigenvalue weighted by Crippen LogP contribution is -2.45. The van der Waals surface area contributed by atoms with Crippen molar-refractivity contribution in [3.8, 4) is 0 Å². The van der Waals surface area contributed by atoms with Crippen LogP contribution in [0, 0.1) is 5.41 Å². The Morgan fingerprint density at radius 1 is 1.12 bits per heavy atom. The minimum Gasteiger partial charge on any atom is -0.393 e. The van der Waals surface area contributed by atoms with E-state index in [4.69, 9.17) is 0 Å². The predicted octanol–water partition coefficient (Wildman–Crippen LogP) is 3.45. The van der Waals surface area contributed by atoms with Crippen LogP contribution in [0.25, 0.3) is 0 Å². The van der Waals surface area contributed by atoms with Crippen molar-refractivity contribution in [2.45, 2.75) is 69.8 Å². The van der Waals surface area contributed by atoms with Gasteiger partial charge >= 0.3 is 0 Å². The van der Waals surface area contributed by atoms with Gasteiger partial charge in [0.15, 0.2) is 0 Å². The smallest absolute Gasteiger partial charge is 0.255 e. The van der Waals surface area contributed by atoms with Gasteiger partial charge in [0.2, 0.25) is 0 Å². The summed E-state index contributed by atoms with van der Waals surface area (Å²) in [5.41, 5.74) is 2.59. The maximum Gasteiger partial charge on any atom is 0.255 e. The molecule has 1 aliphatic heterocycles. The molecule has 3 fully saturated rings. The maximum atomic E-state index is 13.1. The fraction of sp³-hybridized carbons (Fsp3) is 0.750.